The molecule has 0 atom stereocenters. The van der Waals surface area contributed by atoms with Crippen LogP contribution in [0.5, 0.6) is 5.75 Å². The zero-order chi connectivity index (χ0) is 12.4. The Bertz CT molecular complexity index is 378. The Hall–Kier alpha value is -1.03. The minimum atomic E-state index is 0.419. The van der Waals surface area contributed by atoms with Gasteiger partial charge in [-0.2, -0.15) is 5.10 Å². The second-order valence-electron chi connectivity index (χ2n) is 5.93. The van der Waals surface area contributed by atoms with E-state index in [1.54, 1.807) is 0 Å². The van der Waals surface area contributed by atoms with Crippen molar-refractivity contribution in [2.45, 2.75) is 51.1 Å². The zero-order valence-electron chi connectivity index (χ0n) is 10.9. The average molecular weight is 249 g/mol. The van der Waals surface area contributed by atoms with Crippen LogP contribution >= 0.6 is 0 Å². The molecule has 2 aliphatic rings. The van der Waals surface area contributed by atoms with Crippen molar-refractivity contribution in [3.8, 4) is 5.75 Å². The molecule has 0 bridgehead atoms. The maximum Gasteiger partial charge on any atom is 0.157 e. The predicted molar refractivity (Wildman–Crippen MR) is 70.4 cm³/mol. The fourth-order valence-electron chi connectivity index (χ4n) is 2.65. The summed E-state index contributed by atoms with van der Waals surface area (Å²) in [5.74, 6) is 2.46. The Morgan fingerprint density at radius 1 is 1.17 bits per heavy atom. The highest BCUT2D eigenvalue weighted by atomic mass is 16.5. The minimum Gasteiger partial charge on any atom is -0.490 e. The van der Waals surface area contributed by atoms with Crippen molar-refractivity contribution in [3.05, 3.63) is 12.4 Å². The molecule has 4 heteroatoms. The number of nitrogens with zero attached hydrogens (tertiary/aromatic N) is 2. The van der Waals surface area contributed by atoms with Gasteiger partial charge in [0.15, 0.2) is 5.75 Å². The smallest absolute Gasteiger partial charge is 0.157 e. The molecule has 2 N–H and O–H groups in total. The number of rotatable bonds is 5. The van der Waals surface area contributed by atoms with Gasteiger partial charge >= 0.3 is 0 Å². The molecule has 1 aromatic rings. The lowest BCUT2D eigenvalue weighted by Gasteiger charge is -2.25. The van der Waals surface area contributed by atoms with Gasteiger partial charge in [0.1, 0.15) is 0 Å². The Morgan fingerprint density at radius 3 is 2.61 bits per heavy atom. The highest BCUT2D eigenvalue weighted by Gasteiger charge is 2.22. The molecule has 2 aliphatic carbocycles. The molecule has 0 spiro atoms. The van der Waals surface area contributed by atoms with Crippen LogP contribution in [0.15, 0.2) is 12.4 Å². The second-order valence-corrected chi connectivity index (χ2v) is 5.93. The summed E-state index contributed by atoms with van der Waals surface area (Å²) in [5, 5.41) is 4.34. The topological polar surface area (TPSA) is 53.1 Å². The van der Waals surface area contributed by atoms with Crippen LogP contribution in [0.3, 0.4) is 0 Å². The van der Waals surface area contributed by atoms with Gasteiger partial charge in [-0.3, -0.25) is 4.68 Å². The second kappa shape index (κ2) is 5.31. The fourth-order valence-corrected chi connectivity index (χ4v) is 2.65. The SMILES string of the molecule is NC1CCC(COc2cnn(CC3CC3)c2)CC1. The van der Waals surface area contributed by atoms with Crippen LogP contribution in [-0.2, 0) is 6.54 Å². The molecule has 0 amide bonds. The van der Waals surface area contributed by atoms with Crippen molar-refractivity contribution in [1.82, 2.24) is 9.78 Å². The van der Waals surface area contributed by atoms with Gasteiger partial charge < -0.3 is 10.5 Å². The summed E-state index contributed by atoms with van der Waals surface area (Å²) in [6.07, 6.45) is 11.3. The van der Waals surface area contributed by atoms with Gasteiger partial charge in [-0.1, -0.05) is 0 Å². The number of aromatic nitrogens is 2. The van der Waals surface area contributed by atoms with E-state index in [1.165, 1.54) is 25.7 Å². The standard InChI is InChI=1S/C14H23N3O/c15-13-5-3-12(4-6-13)10-18-14-7-16-17(9-14)8-11-1-2-11/h7,9,11-13H,1-6,8,10,15H2. The Labute approximate surface area is 108 Å². The summed E-state index contributed by atoms with van der Waals surface area (Å²) in [6, 6.07) is 0.419. The number of ether oxygens (including phenoxy) is 1. The van der Waals surface area contributed by atoms with E-state index in [9.17, 15) is 0 Å². The third kappa shape index (κ3) is 3.25. The summed E-state index contributed by atoms with van der Waals surface area (Å²) in [5.41, 5.74) is 5.91. The van der Waals surface area contributed by atoms with Crippen LogP contribution < -0.4 is 10.5 Å². The Morgan fingerprint density at radius 2 is 1.89 bits per heavy atom. The maximum atomic E-state index is 5.91. The summed E-state index contributed by atoms with van der Waals surface area (Å²) in [6.45, 7) is 1.88. The van der Waals surface area contributed by atoms with E-state index in [0.29, 0.717) is 12.0 Å². The van der Waals surface area contributed by atoms with Crippen molar-refractivity contribution in [1.29, 1.82) is 0 Å². The van der Waals surface area contributed by atoms with Crippen molar-refractivity contribution < 1.29 is 4.74 Å². The molecule has 3 rings (SSSR count). The quantitative estimate of drug-likeness (QED) is 0.870. The molecule has 100 valence electrons. The number of hydrogen-bond acceptors (Lipinski definition) is 3. The van der Waals surface area contributed by atoms with Gasteiger partial charge in [0.2, 0.25) is 0 Å². The monoisotopic (exact) mass is 249 g/mol. The highest BCUT2D eigenvalue weighted by molar-refractivity contribution is 5.11. The molecule has 0 saturated heterocycles. The van der Waals surface area contributed by atoms with Gasteiger partial charge in [-0.05, 0) is 50.4 Å². The number of hydrogen-bond donors (Lipinski definition) is 1. The molecule has 0 radical (unpaired) electrons. The first-order chi connectivity index (χ1) is 8.79. The molecule has 0 unspecified atom stereocenters. The van der Waals surface area contributed by atoms with Crippen molar-refractivity contribution >= 4 is 0 Å². The van der Waals surface area contributed by atoms with Gasteiger partial charge in [0.25, 0.3) is 0 Å². The molecule has 4 nitrogen and oxygen atoms in total. The highest BCUT2D eigenvalue weighted by Crippen LogP contribution is 2.30. The van der Waals surface area contributed by atoms with Crippen LogP contribution in [0.2, 0.25) is 0 Å². The van der Waals surface area contributed by atoms with Gasteiger partial charge in [-0.25, -0.2) is 0 Å². The first-order valence-electron chi connectivity index (χ1n) is 7.20. The molecule has 0 aliphatic heterocycles. The normalized spacial score (nSPS) is 28.3. The summed E-state index contributed by atoms with van der Waals surface area (Å²) >= 11 is 0. The summed E-state index contributed by atoms with van der Waals surface area (Å²) < 4.78 is 7.86. The number of nitrogens with two attached hydrogens (primary N) is 1. The summed E-state index contributed by atoms with van der Waals surface area (Å²) in [4.78, 5) is 0. The molecule has 18 heavy (non-hydrogen) atoms. The van der Waals surface area contributed by atoms with Crippen molar-refractivity contribution in [2.24, 2.45) is 17.6 Å². The lowest BCUT2D eigenvalue weighted by molar-refractivity contribution is 0.200. The van der Waals surface area contributed by atoms with E-state index in [4.69, 9.17) is 10.5 Å². The molecule has 0 aromatic carbocycles. The van der Waals surface area contributed by atoms with Crippen LogP contribution in [0, 0.1) is 11.8 Å². The van der Waals surface area contributed by atoms with Gasteiger partial charge in [0, 0.05) is 12.6 Å². The lowest BCUT2D eigenvalue weighted by atomic mass is 9.87. The van der Waals surface area contributed by atoms with Crippen LogP contribution in [0.4, 0.5) is 0 Å². The first kappa shape index (κ1) is 12.0. The lowest BCUT2D eigenvalue weighted by Crippen LogP contribution is -2.28. The largest absolute Gasteiger partial charge is 0.490 e. The van der Waals surface area contributed by atoms with Crippen molar-refractivity contribution in [2.75, 3.05) is 6.61 Å². The zero-order valence-corrected chi connectivity index (χ0v) is 10.9. The molecular formula is C14H23N3O. The van der Waals surface area contributed by atoms with Crippen LogP contribution in [-0.4, -0.2) is 22.4 Å². The molecule has 2 fully saturated rings. The van der Waals surface area contributed by atoms with E-state index in [1.807, 2.05) is 17.1 Å². The van der Waals surface area contributed by atoms with Crippen LogP contribution in [0.25, 0.3) is 0 Å². The predicted octanol–water partition coefficient (Wildman–Crippen LogP) is 2.19. The first-order valence-corrected chi connectivity index (χ1v) is 7.20. The molecule has 1 aromatic heterocycles. The third-order valence-corrected chi connectivity index (χ3v) is 4.13. The Kier molecular flexibility index (Phi) is 3.55. The van der Waals surface area contributed by atoms with E-state index < -0.39 is 0 Å². The maximum absolute atomic E-state index is 5.91. The van der Waals surface area contributed by atoms with E-state index in [0.717, 1.165) is 37.7 Å². The van der Waals surface area contributed by atoms with E-state index in [2.05, 4.69) is 5.10 Å². The Balaban J connectivity index is 1.43. The average Bonchev–Trinajstić information content (AvgIpc) is 3.07. The molecular weight excluding hydrogens is 226 g/mol. The van der Waals surface area contributed by atoms with Crippen LogP contribution in [0.1, 0.15) is 38.5 Å². The summed E-state index contributed by atoms with van der Waals surface area (Å²) in [7, 11) is 0. The fraction of sp³-hybridized carbons (Fsp3) is 0.786. The minimum absolute atomic E-state index is 0.419. The molecule has 2 saturated carbocycles. The molecule has 1 heterocycles. The van der Waals surface area contributed by atoms with Gasteiger partial charge in [0.05, 0.1) is 19.0 Å². The van der Waals surface area contributed by atoms with Crippen molar-refractivity contribution in [3.63, 3.8) is 0 Å². The van der Waals surface area contributed by atoms with E-state index in [-0.39, 0.29) is 0 Å². The third-order valence-electron chi connectivity index (χ3n) is 4.13. The van der Waals surface area contributed by atoms with E-state index >= 15 is 0 Å². The van der Waals surface area contributed by atoms with Gasteiger partial charge in [-0.15, -0.1) is 0 Å².